The Morgan fingerprint density at radius 1 is 0.656 bits per heavy atom. The molecule has 0 aromatic carbocycles. The topological polar surface area (TPSA) is 313 Å². The van der Waals surface area contributed by atoms with Crippen molar-refractivity contribution in [2.24, 2.45) is 0 Å². The number of nitrogens with zero attached hydrogens (tertiary/aromatic N) is 1. The number of hydrogen-bond donors (Lipinski definition) is 10. The van der Waals surface area contributed by atoms with Crippen LogP contribution >= 0.6 is 0 Å². The van der Waals surface area contributed by atoms with Gasteiger partial charge in [0.25, 0.3) is 0 Å². The summed E-state index contributed by atoms with van der Waals surface area (Å²) in [7, 11) is 3.25. The van der Waals surface area contributed by atoms with E-state index < -0.39 is 80.7 Å². The molecule has 3 heterocycles. The first-order valence-electron chi connectivity index (χ1n) is 22.5. The van der Waals surface area contributed by atoms with Gasteiger partial charge in [-0.15, -0.1) is 0 Å². The third-order valence-corrected chi connectivity index (χ3v) is 11.8. The second-order valence-electron chi connectivity index (χ2n) is 16.6. The molecule has 3 aliphatic heterocycles. The molecule has 21 nitrogen and oxygen atoms in total. The number of ketones is 1. The van der Waals surface area contributed by atoms with Crippen molar-refractivity contribution in [1.29, 1.82) is 0 Å². The number of unbranched alkanes of at least 4 members (excludes halogenated alkanes) is 6. The number of nitrogens with one attached hydrogen (secondary N) is 2. The summed E-state index contributed by atoms with van der Waals surface area (Å²) in [4.78, 5) is 53.6. The molecule has 22 heteroatoms. The summed E-state index contributed by atoms with van der Waals surface area (Å²) in [6.45, 7) is 0.385. The minimum Gasteiger partial charge on any atom is -0.394 e. The summed E-state index contributed by atoms with van der Waals surface area (Å²) in [5, 5.41) is 84.4. The molecule has 3 amide bonds. The van der Waals surface area contributed by atoms with Gasteiger partial charge >= 0.3 is 0 Å². The van der Waals surface area contributed by atoms with E-state index >= 15 is 0 Å². The van der Waals surface area contributed by atoms with E-state index in [1.807, 2.05) is 4.90 Å². The predicted octanol–water partition coefficient (Wildman–Crippen LogP) is -2.10. The molecule has 3 fully saturated rings. The van der Waals surface area contributed by atoms with E-state index in [0.29, 0.717) is 83.9 Å². The van der Waals surface area contributed by atoms with E-state index in [1.54, 1.807) is 14.2 Å². The van der Waals surface area contributed by atoms with Crippen LogP contribution in [0.4, 0.5) is 0 Å². The minimum atomic E-state index is -1.56. The van der Waals surface area contributed by atoms with Crippen LogP contribution in [0.25, 0.3) is 0 Å². The molecule has 13 atom stereocenters. The van der Waals surface area contributed by atoms with E-state index in [-0.39, 0.29) is 101 Å². The maximum absolute atomic E-state index is 13.4. The third kappa shape index (κ3) is 19.7. The largest absolute Gasteiger partial charge is 0.394 e. The molecule has 64 heavy (non-hydrogen) atoms. The molecule has 0 bridgehead atoms. The van der Waals surface area contributed by atoms with Crippen molar-refractivity contribution in [2.75, 3.05) is 60.3 Å². The van der Waals surface area contributed by atoms with E-state index in [1.165, 1.54) is 0 Å². The standard InChI is InChI=1S/C42H75N3O18.Y/c1-58-25-26-21-27(59-2)22-45(26)34(51)17-6-4-3-5-14-29(48)28(44-33(50)16-9-12-20-61-42-40(57)38(55)36(53)31(24-47)63-42)13-7-10-18-43-32(49)15-8-11-19-60-41-39(56)37(54)35(52)30(23-46)62-41;/h26-28,30-31,35-42,46-47,52-57H,3-25H2,1-2H3,(H,43,49)(H,44,50);/t26-,27+,28-,30?,31?,35?,36?,37?,38?,39?,40?,41?,42?;/m0./s1. The van der Waals surface area contributed by atoms with Crippen molar-refractivity contribution in [3.63, 3.8) is 0 Å². The number of methoxy groups -OCH3 is 2. The van der Waals surface area contributed by atoms with Crippen molar-refractivity contribution >= 4 is 23.5 Å². The van der Waals surface area contributed by atoms with E-state index in [4.69, 9.17) is 28.4 Å². The van der Waals surface area contributed by atoms with Crippen LogP contribution in [-0.4, -0.2) is 209 Å². The van der Waals surface area contributed by atoms with Gasteiger partial charge in [-0.05, 0) is 64.2 Å². The van der Waals surface area contributed by atoms with Crippen LogP contribution in [0.15, 0.2) is 0 Å². The molecular weight excluding hydrogens is 923 g/mol. The number of rotatable bonds is 31. The minimum absolute atomic E-state index is 0. The van der Waals surface area contributed by atoms with Crippen LogP contribution in [0.2, 0.25) is 0 Å². The van der Waals surface area contributed by atoms with Crippen LogP contribution in [0, 0.1) is 0 Å². The van der Waals surface area contributed by atoms with E-state index in [9.17, 15) is 60.0 Å². The Labute approximate surface area is 401 Å². The number of ether oxygens (including phenoxy) is 6. The van der Waals surface area contributed by atoms with Gasteiger partial charge in [-0.3, -0.25) is 19.2 Å². The smallest absolute Gasteiger partial charge is 0.222 e. The predicted molar refractivity (Wildman–Crippen MR) is 221 cm³/mol. The van der Waals surface area contributed by atoms with Crippen molar-refractivity contribution in [3.05, 3.63) is 0 Å². The van der Waals surface area contributed by atoms with Crippen molar-refractivity contribution < 1.29 is 121 Å². The number of amides is 3. The molecule has 0 aliphatic carbocycles. The Morgan fingerprint density at radius 3 is 1.72 bits per heavy atom. The normalized spacial score (nSPS) is 29.8. The molecule has 0 aromatic heterocycles. The maximum atomic E-state index is 13.4. The van der Waals surface area contributed by atoms with Gasteiger partial charge in [-0.1, -0.05) is 12.8 Å². The van der Waals surface area contributed by atoms with Crippen LogP contribution in [-0.2, 0) is 80.3 Å². The van der Waals surface area contributed by atoms with Crippen molar-refractivity contribution in [1.82, 2.24) is 15.5 Å². The number of hydrogen-bond acceptors (Lipinski definition) is 18. The Bertz CT molecular complexity index is 1340. The number of Topliss-reactive ketones (excluding diaryl/α,β-unsaturated/α-hetero) is 1. The third-order valence-electron chi connectivity index (χ3n) is 11.8. The Hall–Kier alpha value is -1.38. The fraction of sp³-hybridized carbons (Fsp3) is 0.905. The van der Waals surface area contributed by atoms with E-state index in [0.717, 1.165) is 19.3 Å². The molecule has 1 radical (unpaired) electrons. The van der Waals surface area contributed by atoms with E-state index in [2.05, 4.69) is 10.6 Å². The average Bonchev–Trinajstić information content (AvgIpc) is 3.69. The van der Waals surface area contributed by atoms with Gasteiger partial charge in [0, 0.05) is 98.9 Å². The van der Waals surface area contributed by atoms with Crippen LogP contribution < -0.4 is 10.6 Å². The summed E-state index contributed by atoms with van der Waals surface area (Å²) in [5.74, 6) is -0.555. The first-order valence-corrected chi connectivity index (χ1v) is 22.5. The monoisotopic (exact) mass is 998 g/mol. The van der Waals surface area contributed by atoms with Gasteiger partial charge in [-0.25, -0.2) is 0 Å². The molecule has 369 valence electrons. The number of likely N-dealkylation sites (tertiary alicyclic amines) is 1. The van der Waals surface area contributed by atoms with Gasteiger partial charge in [-0.2, -0.15) is 0 Å². The second kappa shape index (κ2) is 32.4. The Morgan fingerprint density at radius 2 is 1.19 bits per heavy atom. The van der Waals surface area contributed by atoms with Crippen molar-refractivity contribution in [2.45, 2.75) is 182 Å². The molecule has 3 saturated heterocycles. The Kier molecular flexibility index (Phi) is 29.7. The SMILES string of the molecule is COC[C@@H]1C[C@@H](OC)CN1C(=O)CCCCCCC(=O)[C@H](CCCCNC(=O)CCCCOC1OC(CO)C(O)C(O)C1O)NC(=O)CCCCOC1OC(CO)C(O)C(O)C1O.[Y]. The average molecular weight is 999 g/mol. The van der Waals surface area contributed by atoms with Gasteiger partial charge in [0.2, 0.25) is 17.7 Å². The summed E-state index contributed by atoms with van der Waals surface area (Å²) >= 11 is 0. The molecule has 0 spiro atoms. The first kappa shape index (κ1) is 58.7. The summed E-state index contributed by atoms with van der Waals surface area (Å²) in [6, 6.07) is -0.738. The summed E-state index contributed by atoms with van der Waals surface area (Å²) in [5.41, 5.74) is 0. The molecule has 0 aromatic rings. The fourth-order valence-electron chi connectivity index (χ4n) is 7.90. The van der Waals surface area contributed by atoms with Gasteiger partial charge < -0.3 is 84.8 Å². The molecule has 3 rings (SSSR count). The number of carbonyl (C=O) groups is 4. The molecule has 10 unspecified atom stereocenters. The number of aliphatic hydroxyl groups excluding tert-OH is 8. The molecule has 3 aliphatic rings. The van der Waals surface area contributed by atoms with Gasteiger partial charge in [0.15, 0.2) is 18.4 Å². The summed E-state index contributed by atoms with van der Waals surface area (Å²) < 4.78 is 32.4. The number of aliphatic hydroxyl groups is 8. The molecule has 10 N–H and O–H groups in total. The molecular formula is C42H75N3O18Y. The second-order valence-corrected chi connectivity index (χ2v) is 16.6. The zero-order valence-electron chi connectivity index (χ0n) is 37.5. The summed E-state index contributed by atoms with van der Waals surface area (Å²) in [6.07, 6.45) is -6.17. The van der Waals surface area contributed by atoms with Crippen LogP contribution in [0.3, 0.4) is 0 Å². The zero-order chi connectivity index (χ0) is 46.3. The van der Waals surface area contributed by atoms with Crippen LogP contribution in [0.1, 0.15) is 103 Å². The maximum Gasteiger partial charge on any atom is 0.222 e. The molecule has 0 saturated carbocycles. The first-order chi connectivity index (χ1) is 30.3. The van der Waals surface area contributed by atoms with Crippen LogP contribution in [0.5, 0.6) is 0 Å². The number of carbonyl (C=O) groups excluding carboxylic acids is 4. The van der Waals surface area contributed by atoms with Gasteiger partial charge in [0.05, 0.1) is 38.0 Å². The van der Waals surface area contributed by atoms with Gasteiger partial charge in [0.1, 0.15) is 48.8 Å². The van der Waals surface area contributed by atoms with Crippen molar-refractivity contribution in [3.8, 4) is 0 Å². The quantitative estimate of drug-likeness (QED) is 0.0333. The Balaban J connectivity index is 0.0000141. The zero-order valence-corrected chi connectivity index (χ0v) is 40.3. The fourth-order valence-corrected chi connectivity index (χ4v) is 7.90.